The van der Waals surface area contributed by atoms with Gasteiger partial charge in [-0.1, -0.05) is 24.3 Å². The van der Waals surface area contributed by atoms with Crippen molar-refractivity contribution in [3.8, 4) is 0 Å². The molecule has 1 atom stereocenters. The summed E-state index contributed by atoms with van der Waals surface area (Å²) in [6.07, 6.45) is 15.7. The second-order valence-corrected chi connectivity index (χ2v) is 3.72. The molecule has 13 heavy (non-hydrogen) atoms. The van der Waals surface area contributed by atoms with E-state index in [9.17, 15) is 0 Å². The van der Waals surface area contributed by atoms with Crippen LogP contribution in [0.2, 0.25) is 0 Å². The molecule has 0 aromatic rings. The first-order valence-electron chi connectivity index (χ1n) is 5.39. The van der Waals surface area contributed by atoms with Gasteiger partial charge in [0.05, 0.1) is 0 Å². The monoisotopic (exact) mass is 179 g/mol. The van der Waals surface area contributed by atoms with Crippen LogP contribution in [0.1, 0.15) is 32.1 Å². The lowest BCUT2D eigenvalue weighted by Crippen LogP contribution is -2.09. The summed E-state index contributed by atoms with van der Waals surface area (Å²) < 4.78 is 0. The van der Waals surface area contributed by atoms with Gasteiger partial charge < -0.3 is 5.32 Å². The van der Waals surface area contributed by atoms with Crippen molar-refractivity contribution in [3.63, 3.8) is 0 Å². The Morgan fingerprint density at radius 3 is 2.92 bits per heavy atom. The minimum atomic E-state index is 0.782. The molecular formula is C12H21N. The summed E-state index contributed by atoms with van der Waals surface area (Å²) in [4.78, 5) is 0. The maximum Gasteiger partial charge on any atom is -0.00517 e. The Kier molecular flexibility index (Phi) is 5.59. The zero-order chi connectivity index (χ0) is 9.36. The van der Waals surface area contributed by atoms with Crippen molar-refractivity contribution in [1.82, 2.24) is 5.32 Å². The van der Waals surface area contributed by atoms with E-state index < -0.39 is 0 Å². The minimum absolute atomic E-state index is 0.782. The molecule has 1 N–H and O–H groups in total. The van der Waals surface area contributed by atoms with Gasteiger partial charge in [-0.25, -0.2) is 0 Å². The molecule has 0 aliphatic heterocycles. The third-order valence-electron chi connectivity index (χ3n) is 2.52. The van der Waals surface area contributed by atoms with Gasteiger partial charge >= 0.3 is 0 Å². The van der Waals surface area contributed by atoms with Crippen molar-refractivity contribution >= 4 is 0 Å². The molecule has 1 unspecified atom stereocenters. The van der Waals surface area contributed by atoms with Crippen molar-refractivity contribution in [2.45, 2.75) is 32.1 Å². The summed E-state index contributed by atoms with van der Waals surface area (Å²) in [6, 6.07) is 0. The van der Waals surface area contributed by atoms with E-state index in [2.05, 4.69) is 29.6 Å². The Hall–Kier alpha value is -0.560. The SMILES string of the molecule is CNCCCC1C=CCC/C=C\C1. The number of hydrogen-bond acceptors (Lipinski definition) is 1. The number of hydrogen-bond donors (Lipinski definition) is 1. The third kappa shape index (κ3) is 4.89. The van der Waals surface area contributed by atoms with Crippen LogP contribution in [0.5, 0.6) is 0 Å². The summed E-state index contributed by atoms with van der Waals surface area (Å²) in [6.45, 7) is 1.15. The first-order valence-corrected chi connectivity index (χ1v) is 5.39. The molecular weight excluding hydrogens is 158 g/mol. The molecule has 1 nitrogen and oxygen atoms in total. The molecule has 1 heteroatoms. The summed E-state index contributed by atoms with van der Waals surface area (Å²) in [5, 5.41) is 3.19. The lowest BCUT2D eigenvalue weighted by molar-refractivity contribution is 0.549. The molecule has 74 valence electrons. The molecule has 1 rings (SSSR count). The number of nitrogens with one attached hydrogen (secondary N) is 1. The van der Waals surface area contributed by atoms with Crippen LogP contribution in [0.4, 0.5) is 0 Å². The summed E-state index contributed by atoms with van der Waals surface area (Å²) in [7, 11) is 2.02. The van der Waals surface area contributed by atoms with Gasteiger partial charge in [-0.05, 0) is 51.6 Å². The van der Waals surface area contributed by atoms with E-state index in [1.54, 1.807) is 0 Å². The van der Waals surface area contributed by atoms with Crippen LogP contribution < -0.4 is 5.32 Å². The summed E-state index contributed by atoms with van der Waals surface area (Å²) in [5.41, 5.74) is 0. The van der Waals surface area contributed by atoms with E-state index in [0.29, 0.717) is 0 Å². The highest BCUT2D eigenvalue weighted by Gasteiger charge is 2.02. The topological polar surface area (TPSA) is 12.0 Å². The summed E-state index contributed by atoms with van der Waals surface area (Å²) >= 11 is 0. The van der Waals surface area contributed by atoms with Crippen LogP contribution in [0, 0.1) is 5.92 Å². The largest absolute Gasteiger partial charge is 0.320 e. The molecule has 1 aliphatic carbocycles. The van der Waals surface area contributed by atoms with Crippen molar-refractivity contribution in [3.05, 3.63) is 24.3 Å². The molecule has 0 aromatic carbocycles. The summed E-state index contributed by atoms with van der Waals surface area (Å²) in [5.74, 6) is 0.782. The van der Waals surface area contributed by atoms with Gasteiger partial charge in [0.2, 0.25) is 0 Å². The maximum atomic E-state index is 3.19. The first kappa shape index (κ1) is 10.5. The fourth-order valence-electron chi connectivity index (χ4n) is 1.70. The molecule has 0 heterocycles. The second kappa shape index (κ2) is 6.90. The van der Waals surface area contributed by atoms with Crippen LogP contribution in [-0.2, 0) is 0 Å². The minimum Gasteiger partial charge on any atom is -0.320 e. The van der Waals surface area contributed by atoms with Gasteiger partial charge in [0.1, 0.15) is 0 Å². The van der Waals surface area contributed by atoms with Gasteiger partial charge in [-0.2, -0.15) is 0 Å². The van der Waals surface area contributed by atoms with E-state index >= 15 is 0 Å². The number of allylic oxidation sites excluding steroid dienone is 4. The fourth-order valence-corrected chi connectivity index (χ4v) is 1.70. The molecule has 0 amide bonds. The average molecular weight is 179 g/mol. The Morgan fingerprint density at radius 2 is 2.08 bits per heavy atom. The van der Waals surface area contributed by atoms with Gasteiger partial charge in [-0.3, -0.25) is 0 Å². The molecule has 0 saturated carbocycles. The van der Waals surface area contributed by atoms with Crippen LogP contribution in [-0.4, -0.2) is 13.6 Å². The highest BCUT2D eigenvalue weighted by atomic mass is 14.8. The van der Waals surface area contributed by atoms with Crippen molar-refractivity contribution in [2.75, 3.05) is 13.6 Å². The van der Waals surface area contributed by atoms with Gasteiger partial charge in [0.15, 0.2) is 0 Å². The smallest absolute Gasteiger partial charge is 0.00517 e. The normalized spacial score (nSPS) is 25.2. The lowest BCUT2D eigenvalue weighted by atomic mass is 9.96. The van der Waals surface area contributed by atoms with Crippen molar-refractivity contribution in [2.24, 2.45) is 5.92 Å². The van der Waals surface area contributed by atoms with Gasteiger partial charge in [0, 0.05) is 0 Å². The Balaban J connectivity index is 2.21. The van der Waals surface area contributed by atoms with Gasteiger partial charge in [0.25, 0.3) is 0 Å². The zero-order valence-corrected chi connectivity index (χ0v) is 8.63. The fraction of sp³-hybridized carbons (Fsp3) is 0.667. The van der Waals surface area contributed by atoms with E-state index in [0.717, 1.165) is 12.5 Å². The molecule has 0 aromatic heterocycles. The van der Waals surface area contributed by atoms with Crippen LogP contribution in [0.3, 0.4) is 0 Å². The average Bonchev–Trinajstić information content (AvgIpc) is 2.08. The molecule has 0 saturated heterocycles. The predicted octanol–water partition coefficient (Wildman–Crippen LogP) is 2.90. The van der Waals surface area contributed by atoms with Crippen molar-refractivity contribution < 1.29 is 0 Å². The van der Waals surface area contributed by atoms with E-state index in [4.69, 9.17) is 0 Å². The van der Waals surface area contributed by atoms with Gasteiger partial charge in [-0.15, -0.1) is 0 Å². The molecule has 0 spiro atoms. The molecule has 0 bridgehead atoms. The maximum absolute atomic E-state index is 3.19. The van der Waals surface area contributed by atoms with Crippen LogP contribution in [0.15, 0.2) is 24.3 Å². The Labute approximate surface area is 81.9 Å². The van der Waals surface area contributed by atoms with E-state index in [1.807, 2.05) is 7.05 Å². The second-order valence-electron chi connectivity index (χ2n) is 3.72. The van der Waals surface area contributed by atoms with E-state index in [1.165, 1.54) is 32.1 Å². The first-order chi connectivity index (χ1) is 6.43. The van der Waals surface area contributed by atoms with Crippen LogP contribution in [0.25, 0.3) is 0 Å². The zero-order valence-electron chi connectivity index (χ0n) is 8.63. The van der Waals surface area contributed by atoms with Crippen LogP contribution >= 0.6 is 0 Å². The van der Waals surface area contributed by atoms with Crippen molar-refractivity contribution in [1.29, 1.82) is 0 Å². The third-order valence-corrected chi connectivity index (χ3v) is 2.52. The highest BCUT2D eigenvalue weighted by Crippen LogP contribution is 2.16. The Bertz CT molecular complexity index is 170. The molecule has 0 fully saturated rings. The number of rotatable bonds is 4. The molecule has 0 radical (unpaired) electrons. The predicted molar refractivity (Wildman–Crippen MR) is 58.8 cm³/mol. The highest BCUT2D eigenvalue weighted by molar-refractivity contribution is 4.98. The molecule has 1 aliphatic rings. The van der Waals surface area contributed by atoms with E-state index in [-0.39, 0.29) is 0 Å². The lowest BCUT2D eigenvalue weighted by Gasteiger charge is -2.11. The Morgan fingerprint density at radius 1 is 1.23 bits per heavy atom. The standard InChI is InChI=1S/C12H21N/c1-13-11-7-10-12-8-5-3-2-4-6-9-12/h3,5-6,9,12-13H,2,4,7-8,10-11H2,1H3/b5-3-,9-6?. The quantitative estimate of drug-likeness (QED) is 0.517.